The van der Waals surface area contributed by atoms with Crippen molar-refractivity contribution in [1.82, 2.24) is 19.5 Å². The zero-order chi connectivity index (χ0) is 18.3. The molecule has 0 saturated carbocycles. The molecule has 0 saturated heterocycles. The molecule has 0 unspecified atom stereocenters. The lowest BCUT2D eigenvalue weighted by Crippen LogP contribution is -2.29. The van der Waals surface area contributed by atoms with Gasteiger partial charge in [-0.2, -0.15) is 0 Å². The molecule has 0 aliphatic heterocycles. The average molecular weight is 351 g/mol. The SMILES string of the molecule is Nc1ccccc1-n1c(=O)[nH]c(=O)c2[nH]c(Cc3ccccc3F)nc21. The third kappa shape index (κ3) is 2.57. The Morgan fingerprint density at radius 1 is 1.04 bits per heavy atom. The molecule has 4 aromatic rings. The molecular weight excluding hydrogens is 337 g/mol. The predicted octanol–water partition coefficient (Wildman–Crippen LogP) is 1.71. The lowest BCUT2D eigenvalue weighted by molar-refractivity contribution is 0.612. The minimum atomic E-state index is -0.649. The highest BCUT2D eigenvalue weighted by atomic mass is 19.1. The van der Waals surface area contributed by atoms with Crippen LogP contribution in [0.2, 0.25) is 0 Å². The van der Waals surface area contributed by atoms with Crippen LogP contribution in [-0.4, -0.2) is 19.5 Å². The average Bonchev–Trinajstić information content (AvgIpc) is 3.02. The first-order valence-electron chi connectivity index (χ1n) is 7.87. The van der Waals surface area contributed by atoms with Crippen LogP contribution in [0.5, 0.6) is 0 Å². The molecular formula is C18H14FN5O2. The second-order valence-electron chi connectivity index (χ2n) is 5.80. The monoisotopic (exact) mass is 351 g/mol. The summed E-state index contributed by atoms with van der Waals surface area (Å²) in [5, 5.41) is 0. The van der Waals surface area contributed by atoms with E-state index in [1.54, 1.807) is 42.5 Å². The Labute approximate surface area is 145 Å². The highest BCUT2D eigenvalue weighted by molar-refractivity contribution is 5.74. The lowest BCUT2D eigenvalue weighted by Gasteiger charge is -2.08. The molecule has 130 valence electrons. The van der Waals surface area contributed by atoms with Crippen molar-refractivity contribution in [3.8, 4) is 5.69 Å². The van der Waals surface area contributed by atoms with Crippen molar-refractivity contribution in [3.63, 3.8) is 0 Å². The summed E-state index contributed by atoms with van der Waals surface area (Å²) in [5.74, 6) is -0.00369. The molecule has 4 rings (SSSR count). The highest BCUT2D eigenvalue weighted by Crippen LogP contribution is 2.19. The molecule has 26 heavy (non-hydrogen) atoms. The van der Waals surface area contributed by atoms with Crippen molar-refractivity contribution in [2.75, 3.05) is 5.73 Å². The molecule has 4 N–H and O–H groups in total. The van der Waals surface area contributed by atoms with Gasteiger partial charge in [-0.1, -0.05) is 30.3 Å². The van der Waals surface area contributed by atoms with Crippen molar-refractivity contribution < 1.29 is 4.39 Å². The fourth-order valence-corrected chi connectivity index (χ4v) is 2.86. The third-order valence-electron chi connectivity index (χ3n) is 4.09. The summed E-state index contributed by atoms with van der Waals surface area (Å²) in [7, 11) is 0. The van der Waals surface area contributed by atoms with Gasteiger partial charge in [-0.15, -0.1) is 0 Å². The number of nitrogens with one attached hydrogen (secondary N) is 2. The summed E-state index contributed by atoms with van der Waals surface area (Å²) < 4.78 is 15.1. The summed E-state index contributed by atoms with van der Waals surface area (Å²) in [6, 6.07) is 13.1. The molecule has 8 heteroatoms. The minimum Gasteiger partial charge on any atom is -0.397 e. The molecule has 0 atom stereocenters. The number of aromatic nitrogens is 4. The summed E-state index contributed by atoms with van der Waals surface area (Å²) >= 11 is 0. The minimum absolute atomic E-state index is 0.124. The van der Waals surface area contributed by atoms with Crippen LogP contribution in [0.15, 0.2) is 58.1 Å². The molecule has 0 radical (unpaired) electrons. The van der Waals surface area contributed by atoms with Crippen molar-refractivity contribution >= 4 is 16.9 Å². The van der Waals surface area contributed by atoms with E-state index in [-0.39, 0.29) is 23.4 Å². The van der Waals surface area contributed by atoms with Crippen LogP contribution in [0, 0.1) is 5.82 Å². The summed E-state index contributed by atoms with van der Waals surface area (Å²) in [5.41, 5.74) is 6.18. The van der Waals surface area contributed by atoms with Gasteiger partial charge in [0.05, 0.1) is 11.4 Å². The van der Waals surface area contributed by atoms with Crippen LogP contribution in [-0.2, 0) is 6.42 Å². The second kappa shape index (κ2) is 5.99. The Kier molecular flexibility index (Phi) is 3.65. The normalized spacial score (nSPS) is 11.1. The number of benzene rings is 2. The molecule has 2 aromatic heterocycles. The number of imidazole rings is 1. The van der Waals surface area contributed by atoms with Gasteiger partial charge in [0, 0.05) is 6.42 Å². The fourth-order valence-electron chi connectivity index (χ4n) is 2.86. The summed E-state index contributed by atoms with van der Waals surface area (Å²) in [6.07, 6.45) is 0.152. The standard InChI is InChI=1S/C18H14FN5O2/c19-11-6-2-1-5-10(11)9-14-21-15-16(22-14)24(18(26)23-17(15)25)13-8-4-3-7-12(13)20/h1-8H,9,20H2,(H,21,22)(H,23,25,26). The molecule has 2 heterocycles. The number of anilines is 1. The van der Waals surface area contributed by atoms with E-state index in [4.69, 9.17) is 5.73 Å². The van der Waals surface area contributed by atoms with Gasteiger partial charge in [-0.05, 0) is 23.8 Å². The van der Waals surface area contributed by atoms with Gasteiger partial charge in [-0.3, -0.25) is 9.78 Å². The maximum atomic E-state index is 13.9. The van der Waals surface area contributed by atoms with Crippen LogP contribution in [0.4, 0.5) is 10.1 Å². The first-order valence-corrected chi connectivity index (χ1v) is 7.87. The number of H-pyrrole nitrogens is 2. The number of hydrogen-bond donors (Lipinski definition) is 3. The number of nitrogen functional groups attached to an aromatic ring is 1. The topological polar surface area (TPSA) is 110 Å². The van der Waals surface area contributed by atoms with Gasteiger partial charge < -0.3 is 10.7 Å². The number of fused-ring (bicyclic) bond motifs is 1. The largest absolute Gasteiger partial charge is 0.397 e. The van der Waals surface area contributed by atoms with E-state index in [9.17, 15) is 14.0 Å². The zero-order valence-electron chi connectivity index (χ0n) is 13.5. The third-order valence-corrected chi connectivity index (χ3v) is 4.09. The van der Waals surface area contributed by atoms with E-state index < -0.39 is 11.2 Å². The van der Waals surface area contributed by atoms with E-state index in [2.05, 4.69) is 15.0 Å². The van der Waals surface area contributed by atoms with Gasteiger partial charge in [0.25, 0.3) is 5.56 Å². The number of halogens is 1. The van der Waals surface area contributed by atoms with Gasteiger partial charge in [0.1, 0.15) is 17.2 Å². The number of hydrogen-bond acceptors (Lipinski definition) is 4. The van der Waals surface area contributed by atoms with E-state index >= 15 is 0 Å². The first-order chi connectivity index (χ1) is 12.5. The van der Waals surface area contributed by atoms with Crippen molar-refractivity contribution in [1.29, 1.82) is 0 Å². The number of nitrogens with zero attached hydrogens (tertiary/aromatic N) is 2. The van der Waals surface area contributed by atoms with Gasteiger partial charge in [0.15, 0.2) is 5.65 Å². The zero-order valence-corrected chi connectivity index (χ0v) is 13.5. The molecule has 0 fully saturated rings. The molecule has 0 spiro atoms. The Bertz CT molecular complexity index is 1240. The van der Waals surface area contributed by atoms with Crippen molar-refractivity contribution in [2.24, 2.45) is 0 Å². The van der Waals surface area contributed by atoms with Crippen LogP contribution in [0.1, 0.15) is 11.4 Å². The lowest BCUT2D eigenvalue weighted by atomic mass is 10.1. The van der Waals surface area contributed by atoms with Crippen molar-refractivity contribution in [3.05, 3.63) is 86.6 Å². The molecule has 2 aromatic carbocycles. The molecule has 7 nitrogen and oxygen atoms in total. The molecule has 0 aliphatic rings. The maximum absolute atomic E-state index is 13.9. The van der Waals surface area contributed by atoms with E-state index in [1.807, 2.05) is 0 Å². The fraction of sp³-hybridized carbons (Fsp3) is 0.0556. The summed E-state index contributed by atoms with van der Waals surface area (Å²) in [6.45, 7) is 0. The second-order valence-corrected chi connectivity index (χ2v) is 5.80. The number of nitrogens with two attached hydrogens (primary N) is 1. The Hall–Kier alpha value is -3.68. The Morgan fingerprint density at radius 2 is 1.77 bits per heavy atom. The molecule has 0 amide bonds. The van der Waals surface area contributed by atoms with Crippen molar-refractivity contribution in [2.45, 2.75) is 6.42 Å². The van der Waals surface area contributed by atoms with E-state index in [1.165, 1.54) is 10.6 Å². The number of rotatable bonds is 3. The van der Waals surface area contributed by atoms with E-state index in [0.717, 1.165) is 0 Å². The molecule has 0 aliphatic carbocycles. The predicted molar refractivity (Wildman–Crippen MR) is 95.9 cm³/mol. The van der Waals surface area contributed by atoms with Gasteiger partial charge >= 0.3 is 5.69 Å². The Morgan fingerprint density at radius 3 is 2.54 bits per heavy atom. The van der Waals surface area contributed by atoms with Crippen LogP contribution in [0.3, 0.4) is 0 Å². The highest BCUT2D eigenvalue weighted by Gasteiger charge is 2.16. The van der Waals surface area contributed by atoms with Gasteiger partial charge in [0.2, 0.25) is 0 Å². The number of aromatic amines is 2. The van der Waals surface area contributed by atoms with Crippen LogP contribution in [0.25, 0.3) is 16.9 Å². The number of para-hydroxylation sites is 2. The van der Waals surface area contributed by atoms with Gasteiger partial charge in [-0.25, -0.2) is 18.7 Å². The van der Waals surface area contributed by atoms with Crippen LogP contribution < -0.4 is 17.0 Å². The maximum Gasteiger partial charge on any atom is 0.334 e. The quantitative estimate of drug-likeness (QED) is 0.488. The molecule has 0 bridgehead atoms. The summed E-state index contributed by atoms with van der Waals surface area (Å²) in [4.78, 5) is 34.0. The van der Waals surface area contributed by atoms with E-state index in [0.29, 0.717) is 22.8 Å². The smallest absolute Gasteiger partial charge is 0.334 e. The Balaban J connectivity index is 1.93. The first kappa shape index (κ1) is 15.8. The van der Waals surface area contributed by atoms with Crippen LogP contribution >= 0.6 is 0 Å².